The number of aryl methyl sites for hydroxylation is 3. The van der Waals surface area contributed by atoms with E-state index in [1.165, 1.54) is 17.5 Å². The molecule has 96 valence electrons. The van der Waals surface area contributed by atoms with Crippen molar-refractivity contribution in [1.29, 1.82) is 0 Å². The molecule has 0 fully saturated rings. The average Bonchev–Trinajstić information content (AvgIpc) is 2.88. The summed E-state index contributed by atoms with van der Waals surface area (Å²) in [6.45, 7) is 2.00. The highest BCUT2D eigenvalue weighted by molar-refractivity contribution is 9.10. The fourth-order valence-corrected chi connectivity index (χ4v) is 3.14. The minimum atomic E-state index is 0.102. The van der Waals surface area contributed by atoms with Gasteiger partial charge in [0.2, 0.25) is 0 Å². The topological polar surface area (TPSA) is 17.1 Å². The first-order valence-electron chi connectivity index (χ1n) is 6.58. The summed E-state index contributed by atoms with van der Waals surface area (Å²) in [5.74, 6) is 0.102. The maximum atomic E-state index is 12.6. The van der Waals surface area contributed by atoms with Gasteiger partial charge in [-0.3, -0.25) is 4.79 Å². The molecule has 0 amide bonds. The van der Waals surface area contributed by atoms with Crippen molar-refractivity contribution in [3.8, 4) is 0 Å². The van der Waals surface area contributed by atoms with Crippen LogP contribution in [0.15, 0.2) is 40.9 Å². The molecule has 0 aliphatic heterocycles. The van der Waals surface area contributed by atoms with Gasteiger partial charge >= 0.3 is 0 Å². The summed E-state index contributed by atoms with van der Waals surface area (Å²) in [6, 6.07) is 12.0. The van der Waals surface area contributed by atoms with E-state index >= 15 is 0 Å². The van der Waals surface area contributed by atoms with Crippen LogP contribution in [0, 0.1) is 6.92 Å². The highest BCUT2D eigenvalue weighted by Gasteiger charge is 2.17. The second kappa shape index (κ2) is 4.93. The summed E-state index contributed by atoms with van der Waals surface area (Å²) in [5.41, 5.74) is 5.38. The van der Waals surface area contributed by atoms with Crippen LogP contribution >= 0.6 is 15.9 Å². The minimum absolute atomic E-state index is 0.102. The van der Waals surface area contributed by atoms with E-state index in [0.29, 0.717) is 0 Å². The van der Waals surface area contributed by atoms with Gasteiger partial charge in [0, 0.05) is 15.6 Å². The number of hydrogen-bond donors (Lipinski definition) is 0. The van der Waals surface area contributed by atoms with E-state index in [2.05, 4.69) is 28.1 Å². The summed E-state index contributed by atoms with van der Waals surface area (Å²) in [6.07, 6.45) is 3.46. The third-order valence-corrected chi connectivity index (χ3v) is 4.85. The first-order chi connectivity index (χ1) is 9.16. The molecule has 2 aromatic rings. The Bertz CT molecular complexity index is 658. The predicted molar refractivity (Wildman–Crippen MR) is 80.8 cm³/mol. The van der Waals surface area contributed by atoms with Crippen LogP contribution in [0.1, 0.15) is 39.0 Å². The number of hydrogen-bond acceptors (Lipinski definition) is 1. The summed E-state index contributed by atoms with van der Waals surface area (Å²) in [7, 11) is 0. The molecule has 0 heterocycles. The Morgan fingerprint density at radius 2 is 1.89 bits per heavy atom. The molecule has 0 atom stereocenters. The van der Waals surface area contributed by atoms with Crippen LogP contribution in [0.2, 0.25) is 0 Å². The number of halogens is 1. The Morgan fingerprint density at radius 3 is 2.74 bits per heavy atom. The van der Waals surface area contributed by atoms with Gasteiger partial charge in [0.05, 0.1) is 0 Å². The first kappa shape index (κ1) is 12.6. The zero-order valence-electron chi connectivity index (χ0n) is 10.9. The zero-order valence-corrected chi connectivity index (χ0v) is 12.5. The molecular weight excluding hydrogens is 300 g/mol. The molecule has 1 nitrogen and oxygen atoms in total. The zero-order chi connectivity index (χ0) is 13.4. The Labute approximate surface area is 121 Å². The lowest BCUT2D eigenvalue weighted by Crippen LogP contribution is -2.04. The van der Waals surface area contributed by atoms with Gasteiger partial charge in [-0.15, -0.1) is 0 Å². The van der Waals surface area contributed by atoms with Crippen molar-refractivity contribution >= 4 is 21.7 Å². The maximum absolute atomic E-state index is 12.6. The lowest BCUT2D eigenvalue weighted by atomic mass is 9.98. The van der Waals surface area contributed by atoms with Crippen LogP contribution in [-0.4, -0.2) is 5.78 Å². The van der Waals surface area contributed by atoms with E-state index in [-0.39, 0.29) is 5.78 Å². The molecule has 0 saturated heterocycles. The standard InChI is InChI=1S/C17H15BrO/c1-11-4-2-7-15(16(11)18)17(19)14-9-8-12-5-3-6-13(12)10-14/h2,4,7-10H,3,5-6H2,1H3. The molecule has 3 rings (SSSR count). The number of ketones is 1. The van der Waals surface area contributed by atoms with Gasteiger partial charge in [0.1, 0.15) is 0 Å². The number of carbonyl (C=O) groups is 1. The fraction of sp³-hybridized carbons (Fsp3) is 0.235. The van der Waals surface area contributed by atoms with Crippen molar-refractivity contribution in [2.24, 2.45) is 0 Å². The summed E-state index contributed by atoms with van der Waals surface area (Å²) >= 11 is 3.52. The van der Waals surface area contributed by atoms with E-state index in [1.54, 1.807) is 0 Å². The van der Waals surface area contributed by atoms with Crippen LogP contribution in [0.5, 0.6) is 0 Å². The van der Waals surface area contributed by atoms with Crippen molar-refractivity contribution in [3.63, 3.8) is 0 Å². The van der Waals surface area contributed by atoms with E-state index in [4.69, 9.17) is 0 Å². The van der Waals surface area contributed by atoms with Gasteiger partial charge in [-0.25, -0.2) is 0 Å². The second-order valence-corrected chi connectivity index (χ2v) is 5.90. The lowest BCUT2D eigenvalue weighted by molar-refractivity contribution is 0.103. The molecule has 19 heavy (non-hydrogen) atoms. The third kappa shape index (κ3) is 2.25. The van der Waals surface area contributed by atoms with E-state index in [1.807, 2.05) is 31.2 Å². The Hall–Kier alpha value is -1.41. The van der Waals surface area contributed by atoms with E-state index in [9.17, 15) is 4.79 Å². The minimum Gasteiger partial charge on any atom is -0.289 e. The Morgan fingerprint density at radius 1 is 1.11 bits per heavy atom. The van der Waals surface area contributed by atoms with Gasteiger partial charge in [0.15, 0.2) is 5.78 Å². The second-order valence-electron chi connectivity index (χ2n) is 5.10. The van der Waals surface area contributed by atoms with E-state index < -0.39 is 0 Å². The summed E-state index contributed by atoms with van der Waals surface area (Å²) < 4.78 is 0.903. The molecule has 2 heteroatoms. The molecular formula is C17H15BrO. The molecule has 0 spiro atoms. The molecule has 1 aliphatic carbocycles. The molecule has 0 radical (unpaired) electrons. The molecule has 0 aromatic heterocycles. The highest BCUT2D eigenvalue weighted by atomic mass is 79.9. The number of rotatable bonds is 2. The third-order valence-electron chi connectivity index (χ3n) is 3.80. The Kier molecular flexibility index (Phi) is 3.28. The normalized spacial score (nSPS) is 13.4. The number of benzene rings is 2. The van der Waals surface area contributed by atoms with Crippen molar-refractivity contribution < 1.29 is 4.79 Å². The molecule has 0 saturated carbocycles. The summed E-state index contributed by atoms with van der Waals surface area (Å²) in [4.78, 5) is 12.6. The predicted octanol–water partition coefficient (Wildman–Crippen LogP) is 4.48. The number of fused-ring (bicyclic) bond motifs is 1. The summed E-state index contributed by atoms with van der Waals surface area (Å²) in [5, 5.41) is 0. The van der Waals surface area contributed by atoms with Crippen LogP contribution in [0.25, 0.3) is 0 Å². The van der Waals surface area contributed by atoms with Gasteiger partial charge in [0.25, 0.3) is 0 Å². The van der Waals surface area contributed by atoms with Crippen molar-refractivity contribution in [3.05, 3.63) is 68.7 Å². The van der Waals surface area contributed by atoms with Gasteiger partial charge in [-0.05, 0) is 70.9 Å². The Balaban J connectivity index is 2.02. The van der Waals surface area contributed by atoms with Gasteiger partial charge in [-0.1, -0.05) is 24.3 Å². The van der Waals surface area contributed by atoms with Gasteiger partial charge in [-0.2, -0.15) is 0 Å². The van der Waals surface area contributed by atoms with Crippen molar-refractivity contribution in [2.75, 3.05) is 0 Å². The molecule has 0 unspecified atom stereocenters. The molecule has 0 N–H and O–H groups in total. The van der Waals surface area contributed by atoms with Crippen LogP contribution < -0.4 is 0 Å². The number of carbonyl (C=O) groups excluding carboxylic acids is 1. The monoisotopic (exact) mass is 314 g/mol. The van der Waals surface area contributed by atoms with Crippen LogP contribution in [0.4, 0.5) is 0 Å². The quantitative estimate of drug-likeness (QED) is 0.747. The lowest BCUT2D eigenvalue weighted by Gasteiger charge is -2.08. The fourth-order valence-electron chi connectivity index (χ4n) is 2.69. The highest BCUT2D eigenvalue weighted by Crippen LogP contribution is 2.27. The van der Waals surface area contributed by atoms with Crippen LogP contribution in [0.3, 0.4) is 0 Å². The van der Waals surface area contributed by atoms with Gasteiger partial charge < -0.3 is 0 Å². The maximum Gasteiger partial charge on any atom is 0.194 e. The molecule has 0 bridgehead atoms. The molecule has 1 aliphatic rings. The largest absolute Gasteiger partial charge is 0.289 e. The molecule has 2 aromatic carbocycles. The van der Waals surface area contributed by atoms with Crippen molar-refractivity contribution in [1.82, 2.24) is 0 Å². The smallest absolute Gasteiger partial charge is 0.194 e. The van der Waals surface area contributed by atoms with Crippen molar-refractivity contribution in [2.45, 2.75) is 26.2 Å². The van der Waals surface area contributed by atoms with Crippen LogP contribution in [-0.2, 0) is 12.8 Å². The first-order valence-corrected chi connectivity index (χ1v) is 7.38. The van der Waals surface area contributed by atoms with E-state index in [0.717, 1.165) is 34.0 Å². The average molecular weight is 315 g/mol. The SMILES string of the molecule is Cc1cccc(C(=O)c2ccc3c(c2)CCC3)c1Br.